The fourth-order valence-corrected chi connectivity index (χ4v) is 1.67. The molecule has 8 heteroatoms. The summed E-state index contributed by atoms with van der Waals surface area (Å²) in [4.78, 5) is 11.0. The maximum Gasteiger partial charge on any atom is 0.406 e. The number of hydrogen-bond donors (Lipinski definition) is 1. The maximum absolute atomic E-state index is 11.3. The molecule has 0 radical (unpaired) electrons. The SMILES string of the molecule is COC(=O)NCC(CN(C)S(C)(=O)=O)OC(C)C. The van der Waals surface area contributed by atoms with Crippen LogP contribution in [0.25, 0.3) is 0 Å². The van der Waals surface area contributed by atoms with Crippen molar-refractivity contribution < 1.29 is 22.7 Å². The average molecular weight is 282 g/mol. The fraction of sp³-hybridized carbons (Fsp3) is 0.900. The Bertz CT molecular complexity index is 355. The summed E-state index contributed by atoms with van der Waals surface area (Å²) in [7, 11) is -0.546. The summed E-state index contributed by atoms with van der Waals surface area (Å²) in [5, 5.41) is 2.49. The van der Waals surface area contributed by atoms with Crippen molar-refractivity contribution in [3.63, 3.8) is 0 Å². The molecule has 0 aliphatic rings. The number of ether oxygens (including phenoxy) is 2. The number of nitrogens with one attached hydrogen (secondary N) is 1. The van der Waals surface area contributed by atoms with Crippen LogP contribution in [0.4, 0.5) is 4.79 Å². The van der Waals surface area contributed by atoms with Crippen LogP contribution in [0.5, 0.6) is 0 Å². The predicted octanol–water partition coefficient (Wildman–Crippen LogP) is 0.0274. The maximum atomic E-state index is 11.3. The molecule has 7 nitrogen and oxygen atoms in total. The highest BCUT2D eigenvalue weighted by atomic mass is 32.2. The molecular formula is C10H22N2O5S. The molecule has 0 spiro atoms. The summed E-state index contributed by atoms with van der Waals surface area (Å²) in [6.45, 7) is 4.03. The summed E-state index contributed by atoms with van der Waals surface area (Å²) in [5.74, 6) is 0. The largest absolute Gasteiger partial charge is 0.453 e. The Morgan fingerprint density at radius 1 is 1.39 bits per heavy atom. The number of carbonyl (C=O) groups excluding carboxylic acids is 1. The van der Waals surface area contributed by atoms with E-state index in [0.717, 1.165) is 6.26 Å². The predicted molar refractivity (Wildman–Crippen MR) is 67.9 cm³/mol. The van der Waals surface area contributed by atoms with Gasteiger partial charge in [0, 0.05) is 20.1 Å². The lowest BCUT2D eigenvalue weighted by atomic mass is 10.3. The van der Waals surface area contributed by atoms with Gasteiger partial charge in [-0.05, 0) is 13.8 Å². The molecule has 0 heterocycles. The lowest BCUT2D eigenvalue weighted by Gasteiger charge is -2.24. The van der Waals surface area contributed by atoms with E-state index in [1.54, 1.807) is 0 Å². The first kappa shape index (κ1) is 17.1. The van der Waals surface area contributed by atoms with E-state index >= 15 is 0 Å². The Labute approximate surface area is 108 Å². The summed E-state index contributed by atoms with van der Waals surface area (Å²) in [6.07, 6.45) is 0.0493. The van der Waals surface area contributed by atoms with Crippen LogP contribution in [0.3, 0.4) is 0 Å². The second-order valence-electron chi connectivity index (χ2n) is 4.22. The van der Waals surface area contributed by atoms with Crippen molar-refractivity contribution in [1.82, 2.24) is 9.62 Å². The van der Waals surface area contributed by atoms with E-state index in [2.05, 4.69) is 10.1 Å². The van der Waals surface area contributed by atoms with Crippen molar-refractivity contribution in [2.24, 2.45) is 0 Å². The number of rotatable bonds is 7. The van der Waals surface area contributed by atoms with Crippen LogP contribution in [-0.4, -0.2) is 64.5 Å². The zero-order valence-electron chi connectivity index (χ0n) is 11.5. The van der Waals surface area contributed by atoms with E-state index in [9.17, 15) is 13.2 Å². The number of amides is 1. The Morgan fingerprint density at radius 3 is 2.33 bits per heavy atom. The quantitative estimate of drug-likeness (QED) is 0.712. The highest BCUT2D eigenvalue weighted by Crippen LogP contribution is 2.03. The van der Waals surface area contributed by atoms with Crippen LogP contribution >= 0.6 is 0 Å². The zero-order chi connectivity index (χ0) is 14.3. The molecule has 0 saturated heterocycles. The van der Waals surface area contributed by atoms with Gasteiger partial charge in [-0.1, -0.05) is 0 Å². The molecule has 0 fully saturated rings. The van der Waals surface area contributed by atoms with Gasteiger partial charge in [-0.2, -0.15) is 0 Å². The van der Waals surface area contributed by atoms with Crippen LogP contribution in [0.1, 0.15) is 13.8 Å². The summed E-state index contributed by atoms with van der Waals surface area (Å²) in [5.41, 5.74) is 0. The highest BCUT2D eigenvalue weighted by molar-refractivity contribution is 7.88. The topological polar surface area (TPSA) is 84.9 Å². The minimum absolute atomic E-state index is 0.0672. The van der Waals surface area contributed by atoms with Gasteiger partial charge in [0.25, 0.3) is 0 Å². The molecule has 1 atom stereocenters. The van der Waals surface area contributed by atoms with Gasteiger partial charge in [0.05, 0.1) is 25.6 Å². The van der Waals surface area contributed by atoms with Gasteiger partial charge < -0.3 is 14.8 Å². The summed E-state index contributed by atoms with van der Waals surface area (Å²) >= 11 is 0. The second-order valence-corrected chi connectivity index (χ2v) is 6.31. The molecule has 0 aliphatic heterocycles. The molecule has 1 N–H and O–H groups in total. The number of hydrogen-bond acceptors (Lipinski definition) is 5. The first-order valence-electron chi connectivity index (χ1n) is 5.55. The van der Waals surface area contributed by atoms with Gasteiger partial charge in [-0.25, -0.2) is 17.5 Å². The number of methoxy groups -OCH3 is 1. The number of carbonyl (C=O) groups is 1. The van der Waals surface area contributed by atoms with E-state index < -0.39 is 22.2 Å². The van der Waals surface area contributed by atoms with Crippen molar-refractivity contribution >= 4 is 16.1 Å². The van der Waals surface area contributed by atoms with Crippen molar-refractivity contribution in [2.45, 2.75) is 26.1 Å². The third-order valence-electron chi connectivity index (χ3n) is 2.15. The first-order valence-corrected chi connectivity index (χ1v) is 7.40. The number of likely N-dealkylation sites (N-methyl/N-ethyl adjacent to an activating group) is 1. The van der Waals surface area contributed by atoms with Gasteiger partial charge in [-0.3, -0.25) is 0 Å². The zero-order valence-corrected chi connectivity index (χ0v) is 12.3. The normalized spacial score (nSPS) is 13.7. The Balaban J connectivity index is 4.44. The average Bonchev–Trinajstić information content (AvgIpc) is 2.23. The molecule has 18 heavy (non-hydrogen) atoms. The minimum atomic E-state index is -3.27. The monoisotopic (exact) mass is 282 g/mol. The lowest BCUT2D eigenvalue weighted by Crippen LogP contribution is -2.43. The van der Waals surface area contributed by atoms with Crippen molar-refractivity contribution in [1.29, 1.82) is 0 Å². The third kappa shape index (κ3) is 7.46. The van der Waals surface area contributed by atoms with Gasteiger partial charge in [0.1, 0.15) is 0 Å². The number of nitrogens with zero attached hydrogens (tertiary/aromatic N) is 1. The first-order chi connectivity index (χ1) is 8.16. The van der Waals surface area contributed by atoms with Gasteiger partial charge in [-0.15, -0.1) is 0 Å². The molecular weight excluding hydrogens is 260 g/mol. The summed E-state index contributed by atoms with van der Waals surface area (Å²) in [6, 6.07) is 0. The summed E-state index contributed by atoms with van der Waals surface area (Å²) < 4.78 is 33.8. The van der Waals surface area contributed by atoms with Gasteiger partial charge in [0.2, 0.25) is 10.0 Å². The third-order valence-corrected chi connectivity index (χ3v) is 3.43. The molecule has 1 amide bonds. The van der Waals surface area contributed by atoms with Crippen LogP contribution in [0, 0.1) is 0 Å². The molecule has 0 aromatic carbocycles. The van der Waals surface area contributed by atoms with E-state index in [1.807, 2.05) is 13.8 Å². The smallest absolute Gasteiger partial charge is 0.406 e. The number of sulfonamides is 1. The molecule has 0 aromatic heterocycles. The van der Waals surface area contributed by atoms with E-state index in [0.29, 0.717) is 0 Å². The Morgan fingerprint density at radius 2 is 1.94 bits per heavy atom. The Kier molecular flexibility index (Phi) is 7.19. The van der Waals surface area contributed by atoms with Gasteiger partial charge in [0.15, 0.2) is 0 Å². The lowest BCUT2D eigenvalue weighted by molar-refractivity contribution is 0.00189. The molecule has 0 aromatic rings. The molecule has 0 saturated carbocycles. The standard InChI is InChI=1S/C10H22N2O5S/c1-8(2)17-9(6-11-10(13)16-4)7-12(3)18(5,14)15/h8-9H,6-7H2,1-5H3,(H,11,13). The highest BCUT2D eigenvalue weighted by Gasteiger charge is 2.20. The molecule has 0 aliphatic carbocycles. The van der Waals surface area contributed by atoms with Crippen molar-refractivity contribution in [2.75, 3.05) is 33.5 Å². The van der Waals surface area contributed by atoms with E-state index in [1.165, 1.54) is 18.5 Å². The Hall–Kier alpha value is -0.860. The van der Waals surface area contributed by atoms with E-state index in [4.69, 9.17) is 4.74 Å². The van der Waals surface area contributed by atoms with Crippen LogP contribution in [-0.2, 0) is 19.5 Å². The molecule has 108 valence electrons. The molecule has 0 rings (SSSR count). The van der Waals surface area contributed by atoms with Crippen molar-refractivity contribution in [3.05, 3.63) is 0 Å². The molecule has 1 unspecified atom stereocenters. The second kappa shape index (κ2) is 7.55. The van der Waals surface area contributed by atoms with E-state index in [-0.39, 0.29) is 19.2 Å². The van der Waals surface area contributed by atoms with Crippen LogP contribution < -0.4 is 5.32 Å². The van der Waals surface area contributed by atoms with Gasteiger partial charge >= 0.3 is 6.09 Å². The minimum Gasteiger partial charge on any atom is -0.453 e. The van der Waals surface area contributed by atoms with Crippen molar-refractivity contribution in [3.8, 4) is 0 Å². The van der Waals surface area contributed by atoms with Crippen LogP contribution in [0.15, 0.2) is 0 Å². The number of alkyl carbamates (subject to hydrolysis) is 1. The molecule has 0 bridgehead atoms. The fourth-order valence-electron chi connectivity index (χ4n) is 1.23. The van der Waals surface area contributed by atoms with Crippen LogP contribution in [0.2, 0.25) is 0 Å².